The summed E-state index contributed by atoms with van der Waals surface area (Å²) in [4.78, 5) is 37.4. The van der Waals surface area contributed by atoms with Crippen LogP contribution in [-0.4, -0.2) is 73.8 Å². The maximum absolute atomic E-state index is 12.8. The Balaban J connectivity index is 1.48. The molecule has 2 aliphatic heterocycles. The van der Waals surface area contributed by atoms with Crippen LogP contribution in [0.5, 0.6) is 0 Å². The molecular weight excluding hydrogens is 546 g/mol. The summed E-state index contributed by atoms with van der Waals surface area (Å²) in [6.07, 6.45) is 4.65. The van der Waals surface area contributed by atoms with E-state index in [1.54, 1.807) is 24.2 Å². The fraction of sp³-hybridized carbons (Fsp3) is 0.545. The van der Waals surface area contributed by atoms with Crippen molar-refractivity contribution in [1.29, 1.82) is 0 Å². The summed E-state index contributed by atoms with van der Waals surface area (Å²) in [6.45, 7) is 15.2. The van der Waals surface area contributed by atoms with E-state index in [0.29, 0.717) is 54.0 Å². The highest BCUT2D eigenvalue weighted by atomic mass is 16.6. The van der Waals surface area contributed by atoms with Crippen LogP contribution >= 0.6 is 0 Å². The molecule has 43 heavy (non-hydrogen) atoms. The van der Waals surface area contributed by atoms with Crippen molar-refractivity contribution in [2.24, 2.45) is 5.41 Å². The molecule has 230 valence electrons. The number of aromatic nitrogens is 3. The lowest BCUT2D eigenvalue weighted by molar-refractivity contribution is -0.131. The van der Waals surface area contributed by atoms with Crippen LogP contribution in [0.2, 0.25) is 0 Å². The normalized spacial score (nSPS) is 20.0. The lowest BCUT2D eigenvalue weighted by atomic mass is 9.62. The molecule has 5 rings (SSSR count). The number of benzene rings is 1. The summed E-state index contributed by atoms with van der Waals surface area (Å²) in [6, 6.07) is 9.84. The number of pyridine rings is 1. The van der Waals surface area contributed by atoms with Crippen LogP contribution < -0.4 is 0 Å². The number of hydrogen-bond acceptors (Lipinski definition) is 8. The van der Waals surface area contributed by atoms with Gasteiger partial charge >= 0.3 is 6.09 Å². The Bertz CT molecular complexity index is 1470. The van der Waals surface area contributed by atoms with Crippen LogP contribution in [0.1, 0.15) is 95.7 Å². The molecule has 2 atom stereocenters. The van der Waals surface area contributed by atoms with Gasteiger partial charge in [-0.05, 0) is 56.7 Å². The van der Waals surface area contributed by atoms with Crippen LogP contribution in [0.4, 0.5) is 4.79 Å². The van der Waals surface area contributed by atoms with Crippen molar-refractivity contribution < 1.29 is 24.0 Å². The molecule has 2 aromatic heterocycles. The van der Waals surface area contributed by atoms with Crippen molar-refractivity contribution in [3.63, 3.8) is 0 Å². The highest BCUT2D eigenvalue weighted by Gasteiger charge is 2.58. The van der Waals surface area contributed by atoms with E-state index in [4.69, 9.17) is 9.26 Å². The van der Waals surface area contributed by atoms with Crippen LogP contribution in [0.25, 0.3) is 11.4 Å². The van der Waals surface area contributed by atoms with Gasteiger partial charge in [-0.1, -0.05) is 50.2 Å². The molecule has 1 N–H and O–H groups in total. The fourth-order valence-electron chi connectivity index (χ4n) is 6.20. The van der Waals surface area contributed by atoms with Gasteiger partial charge in [0.15, 0.2) is 0 Å². The van der Waals surface area contributed by atoms with Crippen LogP contribution in [0.15, 0.2) is 47.2 Å². The second-order valence-electron chi connectivity index (χ2n) is 13.6. The minimum absolute atomic E-state index is 0.0285. The largest absolute Gasteiger partial charge is 0.444 e. The third-order valence-electron chi connectivity index (χ3n) is 8.67. The van der Waals surface area contributed by atoms with E-state index < -0.39 is 22.7 Å². The van der Waals surface area contributed by atoms with E-state index in [1.807, 2.05) is 62.9 Å². The monoisotopic (exact) mass is 589 g/mol. The molecule has 2 saturated heterocycles. The van der Waals surface area contributed by atoms with Gasteiger partial charge in [0.1, 0.15) is 11.2 Å². The van der Waals surface area contributed by atoms with Gasteiger partial charge in [0.2, 0.25) is 17.6 Å². The molecule has 2 amide bonds. The summed E-state index contributed by atoms with van der Waals surface area (Å²) in [5.41, 5.74) is 0.221. The third-order valence-corrected chi connectivity index (χ3v) is 8.67. The van der Waals surface area contributed by atoms with E-state index in [-0.39, 0.29) is 11.8 Å². The Labute approximate surface area is 253 Å². The van der Waals surface area contributed by atoms with Gasteiger partial charge in [0.25, 0.3) is 0 Å². The first-order valence-electron chi connectivity index (χ1n) is 15.1. The number of piperidine rings is 1. The minimum Gasteiger partial charge on any atom is -0.444 e. The smallest absolute Gasteiger partial charge is 0.410 e. The maximum Gasteiger partial charge on any atom is 0.410 e. The van der Waals surface area contributed by atoms with Gasteiger partial charge < -0.3 is 24.2 Å². The highest BCUT2D eigenvalue weighted by Crippen LogP contribution is 2.51. The van der Waals surface area contributed by atoms with Gasteiger partial charge in [-0.15, -0.1) is 0 Å². The number of amides is 2. The second-order valence-corrected chi connectivity index (χ2v) is 13.6. The van der Waals surface area contributed by atoms with E-state index in [2.05, 4.69) is 29.0 Å². The molecule has 0 radical (unpaired) electrons. The molecule has 4 heterocycles. The second kappa shape index (κ2) is 11.4. The Kier molecular flexibility index (Phi) is 8.11. The van der Waals surface area contributed by atoms with Gasteiger partial charge in [0.05, 0.1) is 5.92 Å². The predicted molar refractivity (Wildman–Crippen MR) is 161 cm³/mol. The summed E-state index contributed by atoms with van der Waals surface area (Å²) in [5.74, 6) is 1.21. The lowest BCUT2D eigenvalue weighted by Crippen LogP contribution is -2.66. The Morgan fingerprint density at radius 3 is 2.42 bits per heavy atom. The average Bonchev–Trinajstić information content (AvgIpc) is 3.45. The van der Waals surface area contributed by atoms with Crippen LogP contribution in [0, 0.1) is 5.41 Å². The third kappa shape index (κ3) is 6.02. The maximum atomic E-state index is 12.8. The summed E-state index contributed by atoms with van der Waals surface area (Å²) in [5, 5.41) is 17.0. The topological polar surface area (TPSA) is 122 Å². The molecule has 2 aliphatic rings. The number of carbonyl (C=O) groups is 2. The number of nitrogens with zero attached hydrogens (tertiary/aromatic N) is 5. The number of hydrogen-bond donors (Lipinski definition) is 1. The number of likely N-dealkylation sites (tertiary alicyclic amines) is 2. The first-order valence-corrected chi connectivity index (χ1v) is 15.1. The number of carbonyl (C=O) groups excluding carboxylic acids is 2. The first-order chi connectivity index (χ1) is 20.2. The zero-order chi connectivity index (χ0) is 31.2. The van der Waals surface area contributed by atoms with Crippen molar-refractivity contribution in [2.75, 3.05) is 26.2 Å². The standard InChI is InChI=1S/C33H43N5O5/c1-21(2)23-10-12-26(13-11-23)33(41,32(7)19-38(20-32)30(40)42-31(4,5)6)27-15-25(16-34-17-27)28-35-29(43-36-28)24-9-8-14-37(18-24)22(3)39/h10-13,15-17,21,24,41H,8-9,14,18-20H2,1-7H3/t24-,33+/m1/s1. The summed E-state index contributed by atoms with van der Waals surface area (Å²) >= 11 is 0. The van der Waals surface area contributed by atoms with Crippen LogP contribution in [-0.2, 0) is 15.1 Å². The zero-order valence-electron chi connectivity index (χ0n) is 26.3. The Morgan fingerprint density at radius 2 is 1.79 bits per heavy atom. The zero-order valence-corrected chi connectivity index (χ0v) is 26.3. The average molecular weight is 590 g/mol. The fourth-order valence-corrected chi connectivity index (χ4v) is 6.20. The molecule has 10 nitrogen and oxygen atoms in total. The first kappa shape index (κ1) is 30.7. The van der Waals surface area contributed by atoms with Crippen molar-refractivity contribution in [2.45, 2.75) is 84.3 Å². The highest BCUT2D eigenvalue weighted by molar-refractivity contribution is 5.73. The quantitative estimate of drug-likeness (QED) is 0.402. The molecule has 3 aromatic rings. The van der Waals surface area contributed by atoms with E-state index in [9.17, 15) is 14.7 Å². The molecule has 0 unspecified atom stereocenters. The Morgan fingerprint density at radius 1 is 1.09 bits per heavy atom. The van der Waals surface area contributed by atoms with Gasteiger partial charge in [-0.3, -0.25) is 9.78 Å². The van der Waals surface area contributed by atoms with Gasteiger partial charge in [-0.25, -0.2) is 4.79 Å². The van der Waals surface area contributed by atoms with Crippen molar-refractivity contribution in [3.8, 4) is 11.4 Å². The number of aliphatic hydroxyl groups is 1. The summed E-state index contributed by atoms with van der Waals surface area (Å²) < 4.78 is 11.3. The lowest BCUT2D eigenvalue weighted by Gasteiger charge is -2.56. The SMILES string of the molecule is CC(=O)N1CCC[C@@H](c2nc(-c3cncc([C@@](O)(c4ccc(C(C)C)cc4)C4(C)CN(C(=O)OC(C)(C)C)C4)c3)no2)C1. The van der Waals surface area contributed by atoms with Gasteiger partial charge in [-0.2, -0.15) is 4.98 Å². The molecule has 0 spiro atoms. The molecule has 0 aliphatic carbocycles. The molecular formula is C33H43N5O5. The molecule has 2 fully saturated rings. The van der Waals surface area contributed by atoms with E-state index >= 15 is 0 Å². The van der Waals surface area contributed by atoms with Crippen molar-refractivity contribution >= 4 is 12.0 Å². The van der Waals surface area contributed by atoms with E-state index in [1.165, 1.54) is 0 Å². The molecule has 0 bridgehead atoms. The minimum atomic E-state index is -1.48. The van der Waals surface area contributed by atoms with Gasteiger partial charge in [0, 0.05) is 62.0 Å². The molecule has 10 heteroatoms. The van der Waals surface area contributed by atoms with E-state index in [0.717, 1.165) is 24.9 Å². The van der Waals surface area contributed by atoms with Crippen molar-refractivity contribution in [3.05, 3.63) is 65.3 Å². The number of ether oxygens (including phenoxy) is 1. The van der Waals surface area contributed by atoms with Crippen molar-refractivity contribution in [1.82, 2.24) is 24.9 Å². The molecule has 1 aromatic carbocycles. The molecule has 0 saturated carbocycles. The predicted octanol–water partition coefficient (Wildman–Crippen LogP) is 5.47. The Hall–Kier alpha value is -3.79. The number of rotatable bonds is 6. The van der Waals surface area contributed by atoms with Crippen LogP contribution in [0.3, 0.4) is 0 Å². The summed E-state index contributed by atoms with van der Waals surface area (Å²) in [7, 11) is 0.